The average Bonchev–Trinajstić information content (AvgIpc) is 2.30. The Morgan fingerprint density at radius 3 is 2.62 bits per heavy atom. The lowest BCUT2D eigenvalue weighted by molar-refractivity contribution is -0.118. The van der Waals surface area contributed by atoms with E-state index < -0.39 is 0 Å². The monoisotopic (exact) mass is 217 g/mol. The Kier molecular flexibility index (Phi) is 5.48. The highest BCUT2D eigenvalue weighted by molar-refractivity contribution is 5.86. The Labute approximate surface area is 97.4 Å². The summed E-state index contributed by atoms with van der Waals surface area (Å²) in [5, 5.41) is 0. The second-order valence-corrected chi connectivity index (χ2v) is 3.96. The summed E-state index contributed by atoms with van der Waals surface area (Å²) in [6.07, 6.45) is 4.80. The van der Waals surface area contributed by atoms with Gasteiger partial charge in [0.15, 0.2) is 5.78 Å². The van der Waals surface area contributed by atoms with E-state index in [1.807, 2.05) is 30.3 Å². The van der Waals surface area contributed by atoms with Crippen LogP contribution in [0.3, 0.4) is 0 Å². The summed E-state index contributed by atoms with van der Waals surface area (Å²) in [7, 11) is 0. The molecule has 0 aliphatic carbocycles. The van der Waals surface area contributed by atoms with Crippen LogP contribution in [0.5, 0.6) is 0 Å². The minimum absolute atomic E-state index is 0.153. The third kappa shape index (κ3) is 4.39. The van der Waals surface area contributed by atoms with E-state index >= 15 is 0 Å². The molecule has 0 aliphatic heterocycles. The molecule has 1 aromatic rings. The van der Waals surface area contributed by atoms with E-state index in [2.05, 4.69) is 11.9 Å². The fourth-order valence-corrected chi connectivity index (χ4v) is 1.50. The molecule has 16 heavy (non-hydrogen) atoms. The predicted octanol–water partition coefficient (Wildman–Crippen LogP) is 3.25. The van der Waals surface area contributed by atoms with Crippen LogP contribution in [0.2, 0.25) is 0 Å². The lowest BCUT2D eigenvalue weighted by atomic mass is 10.1. The fraction of sp³-hybridized carbons (Fsp3) is 0.429. The highest BCUT2D eigenvalue weighted by Gasteiger charge is 2.10. The van der Waals surface area contributed by atoms with Crippen molar-refractivity contribution in [3.8, 4) is 0 Å². The topological polar surface area (TPSA) is 29.4 Å². The second kappa shape index (κ2) is 6.94. The van der Waals surface area contributed by atoms with Crippen LogP contribution in [-0.2, 0) is 4.79 Å². The predicted molar refractivity (Wildman–Crippen MR) is 68.0 cm³/mol. The molecule has 1 unspecified atom stereocenters. The second-order valence-electron chi connectivity index (χ2n) is 3.96. The molecule has 0 amide bonds. The van der Waals surface area contributed by atoms with Crippen LogP contribution in [0.4, 0.5) is 0 Å². The number of carbonyl (C=O) groups is 1. The third-order valence-corrected chi connectivity index (χ3v) is 2.50. The highest BCUT2D eigenvalue weighted by Crippen LogP contribution is 2.06. The van der Waals surface area contributed by atoms with Gasteiger partial charge in [-0.15, -0.1) is 0 Å². The van der Waals surface area contributed by atoms with Crippen LogP contribution in [-0.4, -0.2) is 18.0 Å². The molecule has 0 heterocycles. The first-order valence-electron chi connectivity index (χ1n) is 5.82. The lowest BCUT2D eigenvalue weighted by Crippen LogP contribution is -2.15. The number of benzene rings is 1. The molecule has 0 saturated heterocycles. The van der Waals surface area contributed by atoms with Crippen LogP contribution in [0.1, 0.15) is 38.7 Å². The minimum Gasteiger partial charge on any atom is -0.298 e. The maximum absolute atomic E-state index is 11.4. The summed E-state index contributed by atoms with van der Waals surface area (Å²) in [5.74, 6) is 0.153. The SMILES string of the molecule is CCCCC(N=Cc1ccccc1)C(C)=O. The first-order chi connectivity index (χ1) is 7.74. The number of Topliss-reactive ketones (excluding diaryl/α,β-unsaturated/α-hetero) is 1. The molecular weight excluding hydrogens is 198 g/mol. The zero-order valence-corrected chi connectivity index (χ0v) is 10.0. The van der Waals surface area contributed by atoms with Gasteiger partial charge in [0.05, 0.1) is 0 Å². The van der Waals surface area contributed by atoms with E-state index in [4.69, 9.17) is 0 Å². The quantitative estimate of drug-likeness (QED) is 0.672. The van der Waals surface area contributed by atoms with Crippen molar-refractivity contribution < 1.29 is 4.79 Å². The largest absolute Gasteiger partial charge is 0.298 e. The first-order valence-corrected chi connectivity index (χ1v) is 5.82. The molecule has 0 radical (unpaired) electrons. The van der Waals surface area contributed by atoms with Gasteiger partial charge in [-0.25, -0.2) is 0 Å². The molecule has 0 spiro atoms. The van der Waals surface area contributed by atoms with E-state index in [9.17, 15) is 4.79 Å². The molecule has 2 nitrogen and oxygen atoms in total. The molecule has 0 fully saturated rings. The molecule has 1 atom stereocenters. The van der Waals surface area contributed by atoms with E-state index in [0.717, 1.165) is 24.8 Å². The standard InChI is InChI=1S/C14H19NO/c1-3-4-10-14(12(2)16)15-11-13-8-6-5-7-9-13/h5-9,11,14H,3-4,10H2,1-2H3. The zero-order valence-electron chi connectivity index (χ0n) is 10.0. The van der Waals surface area contributed by atoms with Crippen LogP contribution in [0.15, 0.2) is 35.3 Å². The third-order valence-electron chi connectivity index (χ3n) is 2.50. The molecule has 0 aliphatic rings. The molecule has 1 rings (SSSR count). The average molecular weight is 217 g/mol. The van der Waals surface area contributed by atoms with Gasteiger partial charge in [-0.05, 0) is 18.9 Å². The fourth-order valence-electron chi connectivity index (χ4n) is 1.50. The van der Waals surface area contributed by atoms with Crippen LogP contribution < -0.4 is 0 Å². The van der Waals surface area contributed by atoms with Gasteiger partial charge in [0.1, 0.15) is 6.04 Å². The zero-order chi connectivity index (χ0) is 11.8. The smallest absolute Gasteiger partial charge is 0.154 e. The number of aliphatic imine (C=N–C) groups is 1. The molecular formula is C14H19NO. The van der Waals surface area contributed by atoms with E-state index in [1.54, 1.807) is 13.1 Å². The van der Waals surface area contributed by atoms with Crippen molar-refractivity contribution in [3.63, 3.8) is 0 Å². The van der Waals surface area contributed by atoms with Crippen LogP contribution in [0, 0.1) is 0 Å². The van der Waals surface area contributed by atoms with Gasteiger partial charge in [0.2, 0.25) is 0 Å². The number of rotatable bonds is 6. The maximum atomic E-state index is 11.4. The molecule has 1 aromatic carbocycles. The van der Waals surface area contributed by atoms with Crippen LogP contribution >= 0.6 is 0 Å². The Hall–Kier alpha value is -1.44. The number of ketones is 1. The Balaban J connectivity index is 2.61. The normalized spacial score (nSPS) is 12.9. The Bertz CT molecular complexity index is 343. The summed E-state index contributed by atoms with van der Waals surface area (Å²) in [5.41, 5.74) is 1.05. The van der Waals surface area contributed by atoms with Crippen molar-refractivity contribution in [2.45, 2.75) is 39.2 Å². The number of unbranched alkanes of at least 4 members (excludes halogenated alkanes) is 1. The molecule has 86 valence electrons. The first kappa shape index (κ1) is 12.6. The van der Waals surface area contributed by atoms with Crippen molar-refractivity contribution in [1.82, 2.24) is 0 Å². The van der Waals surface area contributed by atoms with Gasteiger partial charge in [-0.2, -0.15) is 0 Å². The van der Waals surface area contributed by atoms with Gasteiger partial charge in [0, 0.05) is 6.21 Å². The minimum atomic E-state index is -0.167. The van der Waals surface area contributed by atoms with Crippen LogP contribution in [0.25, 0.3) is 0 Å². The van der Waals surface area contributed by atoms with Gasteiger partial charge in [-0.1, -0.05) is 50.1 Å². The number of hydrogen-bond acceptors (Lipinski definition) is 2. The summed E-state index contributed by atoms with van der Waals surface area (Å²) < 4.78 is 0. The van der Waals surface area contributed by atoms with Gasteiger partial charge < -0.3 is 0 Å². The van der Waals surface area contributed by atoms with Crippen molar-refractivity contribution in [3.05, 3.63) is 35.9 Å². The Morgan fingerprint density at radius 2 is 2.06 bits per heavy atom. The Morgan fingerprint density at radius 1 is 1.38 bits per heavy atom. The lowest BCUT2D eigenvalue weighted by Gasteiger charge is -2.07. The van der Waals surface area contributed by atoms with E-state index in [1.165, 1.54) is 0 Å². The number of carbonyl (C=O) groups excluding carboxylic acids is 1. The number of nitrogens with zero attached hydrogens (tertiary/aromatic N) is 1. The molecule has 0 bridgehead atoms. The van der Waals surface area contributed by atoms with Crippen molar-refractivity contribution in [2.24, 2.45) is 4.99 Å². The maximum Gasteiger partial charge on any atom is 0.154 e. The summed E-state index contributed by atoms with van der Waals surface area (Å²) >= 11 is 0. The van der Waals surface area contributed by atoms with Gasteiger partial charge in [0.25, 0.3) is 0 Å². The summed E-state index contributed by atoms with van der Waals surface area (Å²) in [4.78, 5) is 15.7. The number of hydrogen-bond donors (Lipinski definition) is 0. The summed E-state index contributed by atoms with van der Waals surface area (Å²) in [6, 6.07) is 9.71. The molecule has 0 aromatic heterocycles. The van der Waals surface area contributed by atoms with Crippen molar-refractivity contribution >= 4 is 12.0 Å². The van der Waals surface area contributed by atoms with Crippen molar-refractivity contribution in [2.75, 3.05) is 0 Å². The van der Waals surface area contributed by atoms with Gasteiger partial charge >= 0.3 is 0 Å². The van der Waals surface area contributed by atoms with E-state index in [-0.39, 0.29) is 11.8 Å². The van der Waals surface area contributed by atoms with Gasteiger partial charge in [-0.3, -0.25) is 9.79 Å². The summed E-state index contributed by atoms with van der Waals surface area (Å²) in [6.45, 7) is 3.74. The highest BCUT2D eigenvalue weighted by atomic mass is 16.1. The van der Waals surface area contributed by atoms with Crippen molar-refractivity contribution in [1.29, 1.82) is 0 Å². The molecule has 0 saturated carbocycles. The van der Waals surface area contributed by atoms with E-state index in [0.29, 0.717) is 0 Å². The molecule has 2 heteroatoms. The molecule has 0 N–H and O–H groups in total.